The van der Waals surface area contributed by atoms with Crippen molar-refractivity contribution in [1.29, 1.82) is 0 Å². The molecule has 1 aliphatic rings. The van der Waals surface area contributed by atoms with E-state index in [1.807, 2.05) is 0 Å². The van der Waals surface area contributed by atoms with Gasteiger partial charge in [-0.3, -0.25) is 9.69 Å². The Hall–Kier alpha value is -0.830. The van der Waals surface area contributed by atoms with Gasteiger partial charge in [-0.25, -0.2) is 0 Å². The van der Waals surface area contributed by atoms with Crippen molar-refractivity contribution in [1.82, 2.24) is 4.90 Å². The molecule has 0 atom stereocenters. The average molecular weight is 197 g/mol. The third kappa shape index (κ3) is 3.50. The fraction of sp³-hybridized carbons (Fsp3) is 0.727. The van der Waals surface area contributed by atoms with Crippen LogP contribution in [0.5, 0.6) is 0 Å². The molecule has 0 aromatic heterocycles. The first-order chi connectivity index (χ1) is 6.59. The van der Waals surface area contributed by atoms with E-state index in [4.69, 9.17) is 5.11 Å². The van der Waals surface area contributed by atoms with E-state index in [1.54, 1.807) is 0 Å². The molecule has 1 aliphatic heterocycles. The van der Waals surface area contributed by atoms with Crippen molar-refractivity contribution in [3.05, 3.63) is 11.6 Å². The van der Waals surface area contributed by atoms with Gasteiger partial charge in [0.1, 0.15) is 0 Å². The molecule has 3 heteroatoms. The van der Waals surface area contributed by atoms with Gasteiger partial charge in [0.25, 0.3) is 0 Å². The Kier molecular flexibility index (Phi) is 4.14. The van der Waals surface area contributed by atoms with Gasteiger partial charge in [-0.05, 0) is 26.7 Å². The van der Waals surface area contributed by atoms with Crippen LogP contribution in [0, 0.1) is 0 Å². The molecule has 0 saturated carbocycles. The summed E-state index contributed by atoms with van der Waals surface area (Å²) in [6.45, 7) is 6.42. The molecule has 0 fully saturated rings. The van der Waals surface area contributed by atoms with E-state index in [9.17, 15) is 4.79 Å². The van der Waals surface area contributed by atoms with Crippen molar-refractivity contribution in [2.45, 2.75) is 39.2 Å². The Labute approximate surface area is 85.4 Å². The number of carboxylic acid groups (broad SMARTS) is 1. The molecule has 0 aliphatic carbocycles. The Morgan fingerprint density at radius 1 is 1.64 bits per heavy atom. The third-order valence-corrected chi connectivity index (χ3v) is 2.65. The average Bonchev–Trinajstić information content (AvgIpc) is 2.15. The van der Waals surface area contributed by atoms with E-state index >= 15 is 0 Å². The normalized spacial score (nSPS) is 18.4. The second-order valence-corrected chi connectivity index (χ2v) is 4.11. The quantitative estimate of drug-likeness (QED) is 0.700. The maximum atomic E-state index is 10.4. The summed E-state index contributed by atoms with van der Waals surface area (Å²) in [4.78, 5) is 12.8. The van der Waals surface area contributed by atoms with Crippen LogP contribution in [-0.4, -0.2) is 35.1 Å². The molecule has 0 radical (unpaired) electrons. The largest absolute Gasteiger partial charge is 0.481 e. The highest BCUT2D eigenvalue weighted by Gasteiger charge is 2.15. The topological polar surface area (TPSA) is 40.5 Å². The molecule has 0 unspecified atom stereocenters. The predicted octanol–water partition coefficient (Wildman–Crippen LogP) is 1.89. The number of aliphatic carboxylic acids is 1. The molecule has 1 N–H and O–H groups in total. The fourth-order valence-corrected chi connectivity index (χ4v) is 1.73. The van der Waals surface area contributed by atoms with Crippen molar-refractivity contribution in [3.8, 4) is 0 Å². The molecule has 80 valence electrons. The first-order valence-corrected chi connectivity index (χ1v) is 5.23. The van der Waals surface area contributed by atoms with Gasteiger partial charge in [0, 0.05) is 25.6 Å². The molecule has 0 spiro atoms. The van der Waals surface area contributed by atoms with Gasteiger partial charge in [-0.15, -0.1) is 0 Å². The first-order valence-electron chi connectivity index (χ1n) is 5.23. The van der Waals surface area contributed by atoms with Crippen LogP contribution in [0.15, 0.2) is 11.6 Å². The summed E-state index contributed by atoms with van der Waals surface area (Å²) in [5.41, 5.74) is 1.28. The fourth-order valence-electron chi connectivity index (χ4n) is 1.73. The van der Waals surface area contributed by atoms with Crippen LogP contribution in [0.3, 0.4) is 0 Å². The number of nitrogens with zero attached hydrogens (tertiary/aromatic N) is 1. The first kappa shape index (κ1) is 11.2. The van der Waals surface area contributed by atoms with Crippen LogP contribution in [0.4, 0.5) is 0 Å². The lowest BCUT2D eigenvalue weighted by Gasteiger charge is -2.30. The summed E-state index contributed by atoms with van der Waals surface area (Å²) in [5, 5.41) is 8.58. The lowest BCUT2D eigenvalue weighted by atomic mass is 10.0. The molecule has 1 heterocycles. The minimum Gasteiger partial charge on any atom is -0.481 e. The summed E-state index contributed by atoms with van der Waals surface area (Å²) in [7, 11) is 0. The van der Waals surface area contributed by atoms with Crippen LogP contribution >= 0.6 is 0 Å². The maximum Gasteiger partial charge on any atom is 0.303 e. The monoisotopic (exact) mass is 197 g/mol. The van der Waals surface area contributed by atoms with Gasteiger partial charge in [0.05, 0.1) is 0 Å². The second-order valence-electron chi connectivity index (χ2n) is 4.11. The smallest absolute Gasteiger partial charge is 0.303 e. The van der Waals surface area contributed by atoms with E-state index in [0.717, 1.165) is 19.5 Å². The summed E-state index contributed by atoms with van der Waals surface area (Å²) >= 11 is 0. The molecule has 0 aromatic carbocycles. The number of carboxylic acids is 1. The highest BCUT2D eigenvalue weighted by atomic mass is 16.4. The second kappa shape index (κ2) is 5.15. The van der Waals surface area contributed by atoms with Crippen LogP contribution < -0.4 is 0 Å². The van der Waals surface area contributed by atoms with Gasteiger partial charge in [0.2, 0.25) is 0 Å². The Morgan fingerprint density at radius 2 is 2.36 bits per heavy atom. The molecule has 14 heavy (non-hydrogen) atoms. The minimum absolute atomic E-state index is 0.262. The lowest BCUT2D eigenvalue weighted by Crippen LogP contribution is -2.35. The predicted molar refractivity (Wildman–Crippen MR) is 56.3 cm³/mol. The highest BCUT2D eigenvalue weighted by molar-refractivity contribution is 5.67. The molecule has 3 nitrogen and oxygen atoms in total. The van der Waals surface area contributed by atoms with Crippen molar-refractivity contribution in [2.24, 2.45) is 0 Å². The molecule has 0 aromatic rings. The van der Waals surface area contributed by atoms with Gasteiger partial charge in [-0.1, -0.05) is 11.6 Å². The van der Waals surface area contributed by atoms with Crippen molar-refractivity contribution >= 4 is 5.97 Å². The van der Waals surface area contributed by atoms with Gasteiger partial charge >= 0.3 is 5.97 Å². The number of hydrogen-bond donors (Lipinski definition) is 1. The van der Waals surface area contributed by atoms with Crippen LogP contribution in [0.2, 0.25) is 0 Å². The Balaban J connectivity index is 2.39. The molecular weight excluding hydrogens is 178 g/mol. The Morgan fingerprint density at radius 3 is 2.93 bits per heavy atom. The van der Waals surface area contributed by atoms with Gasteiger partial charge in [-0.2, -0.15) is 0 Å². The standard InChI is InChI=1S/C11H19NO2/c1-9(2)12-7-3-4-10(8-12)5-6-11(13)14/h4,9H,3,5-8H2,1-2H3,(H,13,14). The lowest BCUT2D eigenvalue weighted by molar-refractivity contribution is -0.136. The maximum absolute atomic E-state index is 10.4. The zero-order chi connectivity index (χ0) is 10.6. The number of rotatable bonds is 4. The molecule has 1 rings (SSSR count). The van der Waals surface area contributed by atoms with Crippen molar-refractivity contribution < 1.29 is 9.90 Å². The van der Waals surface area contributed by atoms with Gasteiger partial charge < -0.3 is 5.11 Å². The molecule has 0 saturated heterocycles. The van der Waals surface area contributed by atoms with Crippen LogP contribution in [0.25, 0.3) is 0 Å². The number of carbonyl (C=O) groups is 1. The van der Waals surface area contributed by atoms with Crippen molar-refractivity contribution in [3.63, 3.8) is 0 Å². The summed E-state index contributed by atoms with van der Waals surface area (Å²) < 4.78 is 0. The summed E-state index contributed by atoms with van der Waals surface area (Å²) in [6.07, 6.45) is 4.23. The minimum atomic E-state index is -0.701. The van der Waals surface area contributed by atoms with Crippen LogP contribution in [0.1, 0.15) is 33.1 Å². The van der Waals surface area contributed by atoms with E-state index in [-0.39, 0.29) is 6.42 Å². The molecule has 0 bridgehead atoms. The SMILES string of the molecule is CC(C)N1CCC=C(CCC(=O)O)C1. The Bertz CT molecular complexity index is 233. The summed E-state index contributed by atoms with van der Waals surface area (Å²) in [6, 6.07) is 0.559. The van der Waals surface area contributed by atoms with E-state index in [2.05, 4.69) is 24.8 Å². The van der Waals surface area contributed by atoms with Gasteiger partial charge in [0.15, 0.2) is 0 Å². The third-order valence-electron chi connectivity index (χ3n) is 2.65. The number of hydrogen-bond acceptors (Lipinski definition) is 2. The molecule has 0 amide bonds. The zero-order valence-electron chi connectivity index (χ0n) is 8.99. The molecular formula is C11H19NO2. The van der Waals surface area contributed by atoms with E-state index in [0.29, 0.717) is 12.5 Å². The van der Waals surface area contributed by atoms with E-state index < -0.39 is 5.97 Å². The summed E-state index contributed by atoms with van der Waals surface area (Å²) in [5.74, 6) is -0.701. The highest BCUT2D eigenvalue weighted by Crippen LogP contribution is 2.16. The zero-order valence-corrected chi connectivity index (χ0v) is 8.99. The van der Waals surface area contributed by atoms with E-state index in [1.165, 1.54) is 5.57 Å². The van der Waals surface area contributed by atoms with Crippen LogP contribution in [-0.2, 0) is 4.79 Å². The van der Waals surface area contributed by atoms with Crippen molar-refractivity contribution in [2.75, 3.05) is 13.1 Å².